The fourth-order valence-electron chi connectivity index (χ4n) is 1.20. The largest absolute Gasteiger partial charge is 0.302 e. The first-order chi connectivity index (χ1) is 6.33. The van der Waals surface area contributed by atoms with Gasteiger partial charge in [0.1, 0.15) is 0 Å². The Bertz CT molecular complexity index is 261. The van der Waals surface area contributed by atoms with Gasteiger partial charge in [-0.15, -0.1) is 0 Å². The predicted octanol–water partition coefficient (Wildman–Crippen LogP) is 2.48. The molecule has 0 aromatic carbocycles. The molecular weight excluding hydrogens is 180 g/mol. The molecule has 0 aliphatic heterocycles. The lowest BCUT2D eigenvalue weighted by Crippen LogP contribution is -2.18. The van der Waals surface area contributed by atoms with Gasteiger partial charge in [-0.05, 0) is 42.4 Å². The molecule has 0 unspecified atom stereocenters. The monoisotopic (exact) mass is 194 g/mol. The molecule has 0 spiro atoms. The molecular formula is C10H14N2S. The van der Waals surface area contributed by atoms with E-state index < -0.39 is 0 Å². The third-order valence-corrected chi connectivity index (χ3v) is 2.59. The summed E-state index contributed by atoms with van der Waals surface area (Å²) in [5.74, 6) is 0. The molecule has 0 aliphatic rings. The van der Waals surface area contributed by atoms with Gasteiger partial charge in [0.25, 0.3) is 0 Å². The molecule has 1 aromatic heterocycles. The van der Waals surface area contributed by atoms with Gasteiger partial charge < -0.3 is 4.90 Å². The lowest BCUT2D eigenvalue weighted by molar-refractivity contribution is 0.324. The average Bonchev–Trinajstić information content (AvgIpc) is 2.57. The highest BCUT2D eigenvalue weighted by atomic mass is 32.1. The van der Waals surface area contributed by atoms with Crippen LogP contribution in [0.4, 0.5) is 0 Å². The van der Waals surface area contributed by atoms with Gasteiger partial charge in [-0.2, -0.15) is 16.6 Å². The molecule has 0 saturated heterocycles. The Balaban J connectivity index is 2.19. The Morgan fingerprint density at radius 1 is 1.62 bits per heavy atom. The van der Waals surface area contributed by atoms with Crippen LogP contribution in [0.1, 0.15) is 18.4 Å². The summed E-state index contributed by atoms with van der Waals surface area (Å²) in [7, 11) is 2.09. The van der Waals surface area contributed by atoms with Crippen LogP contribution in [-0.4, -0.2) is 18.5 Å². The van der Waals surface area contributed by atoms with Crippen LogP contribution in [0.15, 0.2) is 16.8 Å². The van der Waals surface area contributed by atoms with Crippen molar-refractivity contribution in [2.45, 2.75) is 19.4 Å². The van der Waals surface area contributed by atoms with Gasteiger partial charge in [0.2, 0.25) is 0 Å². The zero-order valence-electron chi connectivity index (χ0n) is 7.86. The van der Waals surface area contributed by atoms with E-state index in [9.17, 15) is 0 Å². The summed E-state index contributed by atoms with van der Waals surface area (Å²) in [5.41, 5.74) is 1.37. The van der Waals surface area contributed by atoms with E-state index in [0.29, 0.717) is 6.42 Å². The van der Waals surface area contributed by atoms with Crippen molar-refractivity contribution in [3.05, 3.63) is 22.4 Å². The summed E-state index contributed by atoms with van der Waals surface area (Å²) >= 11 is 1.73. The lowest BCUT2D eigenvalue weighted by Gasteiger charge is -2.14. The number of rotatable bonds is 5. The minimum Gasteiger partial charge on any atom is -0.302 e. The van der Waals surface area contributed by atoms with Crippen molar-refractivity contribution in [3.63, 3.8) is 0 Å². The van der Waals surface area contributed by atoms with E-state index in [1.807, 2.05) is 0 Å². The lowest BCUT2D eigenvalue weighted by atomic mass is 10.3. The van der Waals surface area contributed by atoms with Gasteiger partial charge >= 0.3 is 0 Å². The number of unbranched alkanes of at least 4 members (excludes halogenated alkanes) is 1. The van der Waals surface area contributed by atoms with Crippen LogP contribution >= 0.6 is 11.3 Å². The van der Waals surface area contributed by atoms with Crippen LogP contribution in [0.3, 0.4) is 0 Å². The standard InChI is InChI=1S/C10H14N2S/c1-12(6-3-2-5-11)8-10-4-7-13-9-10/h4,7,9H,2-3,6,8H2,1H3. The van der Waals surface area contributed by atoms with Crippen molar-refractivity contribution in [3.8, 4) is 6.07 Å². The molecule has 0 aliphatic carbocycles. The number of hydrogen-bond acceptors (Lipinski definition) is 3. The van der Waals surface area contributed by atoms with Crippen molar-refractivity contribution in [2.75, 3.05) is 13.6 Å². The zero-order chi connectivity index (χ0) is 9.52. The third kappa shape index (κ3) is 4.07. The highest BCUT2D eigenvalue weighted by Gasteiger charge is 1.99. The smallest absolute Gasteiger partial charge is 0.0622 e. The molecule has 3 heteroatoms. The van der Waals surface area contributed by atoms with E-state index in [1.165, 1.54) is 5.56 Å². The van der Waals surface area contributed by atoms with Crippen LogP contribution in [0.5, 0.6) is 0 Å². The maximum absolute atomic E-state index is 8.37. The highest BCUT2D eigenvalue weighted by Crippen LogP contribution is 2.08. The molecule has 0 amide bonds. The molecule has 0 saturated carbocycles. The van der Waals surface area contributed by atoms with Crippen molar-refractivity contribution >= 4 is 11.3 Å². The van der Waals surface area contributed by atoms with Crippen LogP contribution in [0.2, 0.25) is 0 Å². The molecule has 1 rings (SSSR count). The Morgan fingerprint density at radius 3 is 3.08 bits per heavy atom. The Morgan fingerprint density at radius 2 is 2.46 bits per heavy atom. The van der Waals surface area contributed by atoms with Gasteiger partial charge in [-0.3, -0.25) is 0 Å². The summed E-state index contributed by atoms with van der Waals surface area (Å²) in [4.78, 5) is 2.25. The van der Waals surface area contributed by atoms with Gasteiger partial charge in [0, 0.05) is 13.0 Å². The number of hydrogen-bond donors (Lipinski definition) is 0. The number of nitrogens with zero attached hydrogens (tertiary/aromatic N) is 2. The van der Waals surface area contributed by atoms with E-state index in [1.54, 1.807) is 11.3 Å². The summed E-state index contributed by atoms with van der Waals surface area (Å²) in [6.45, 7) is 2.00. The fraction of sp³-hybridized carbons (Fsp3) is 0.500. The van der Waals surface area contributed by atoms with E-state index in [-0.39, 0.29) is 0 Å². The summed E-state index contributed by atoms with van der Waals surface area (Å²) in [6, 6.07) is 4.30. The Kier molecular flexibility index (Phi) is 4.52. The van der Waals surface area contributed by atoms with E-state index >= 15 is 0 Å². The average molecular weight is 194 g/mol. The van der Waals surface area contributed by atoms with Crippen molar-refractivity contribution in [1.82, 2.24) is 4.90 Å². The van der Waals surface area contributed by atoms with Crippen LogP contribution in [-0.2, 0) is 6.54 Å². The first-order valence-corrected chi connectivity index (χ1v) is 5.34. The van der Waals surface area contributed by atoms with Crippen molar-refractivity contribution in [2.24, 2.45) is 0 Å². The third-order valence-electron chi connectivity index (χ3n) is 1.86. The predicted molar refractivity (Wildman–Crippen MR) is 55.5 cm³/mol. The second-order valence-corrected chi connectivity index (χ2v) is 3.91. The molecule has 0 fully saturated rings. The highest BCUT2D eigenvalue weighted by molar-refractivity contribution is 7.07. The Labute approximate surface area is 83.4 Å². The molecule has 1 heterocycles. The number of thiophene rings is 1. The summed E-state index contributed by atoms with van der Waals surface area (Å²) < 4.78 is 0. The topological polar surface area (TPSA) is 27.0 Å². The summed E-state index contributed by atoms with van der Waals surface area (Å²) in [5, 5.41) is 12.6. The molecule has 13 heavy (non-hydrogen) atoms. The molecule has 0 bridgehead atoms. The summed E-state index contributed by atoms with van der Waals surface area (Å²) in [6.07, 6.45) is 1.63. The molecule has 0 radical (unpaired) electrons. The quantitative estimate of drug-likeness (QED) is 0.673. The molecule has 0 atom stereocenters. The van der Waals surface area contributed by atoms with E-state index in [4.69, 9.17) is 5.26 Å². The van der Waals surface area contributed by atoms with Crippen LogP contribution in [0, 0.1) is 11.3 Å². The fourth-order valence-corrected chi connectivity index (χ4v) is 1.86. The first-order valence-electron chi connectivity index (χ1n) is 4.39. The Hall–Kier alpha value is -0.850. The van der Waals surface area contributed by atoms with Gasteiger partial charge in [0.15, 0.2) is 0 Å². The second-order valence-electron chi connectivity index (χ2n) is 3.13. The minimum absolute atomic E-state index is 0.661. The van der Waals surface area contributed by atoms with E-state index in [0.717, 1.165) is 19.5 Å². The minimum atomic E-state index is 0.661. The molecule has 1 aromatic rings. The molecule has 70 valence electrons. The van der Waals surface area contributed by atoms with Gasteiger partial charge in [0.05, 0.1) is 6.07 Å². The van der Waals surface area contributed by atoms with Gasteiger partial charge in [-0.1, -0.05) is 0 Å². The van der Waals surface area contributed by atoms with Crippen LogP contribution < -0.4 is 0 Å². The molecule has 2 nitrogen and oxygen atoms in total. The van der Waals surface area contributed by atoms with Crippen molar-refractivity contribution < 1.29 is 0 Å². The number of nitriles is 1. The zero-order valence-corrected chi connectivity index (χ0v) is 8.68. The normalized spacial score (nSPS) is 10.2. The SMILES string of the molecule is CN(CCCC#N)Cc1ccsc1. The maximum atomic E-state index is 8.37. The molecule has 0 N–H and O–H groups in total. The van der Waals surface area contributed by atoms with Crippen LogP contribution in [0.25, 0.3) is 0 Å². The van der Waals surface area contributed by atoms with Gasteiger partial charge in [-0.25, -0.2) is 0 Å². The van der Waals surface area contributed by atoms with Crippen molar-refractivity contribution in [1.29, 1.82) is 5.26 Å². The first kappa shape index (κ1) is 10.2. The second kappa shape index (κ2) is 5.74. The maximum Gasteiger partial charge on any atom is 0.0622 e. The van der Waals surface area contributed by atoms with E-state index in [2.05, 4.69) is 34.8 Å².